The van der Waals surface area contributed by atoms with Gasteiger partial charge < -0.3 is 10.2 Å². The Bertz CT molecular complexity index is 536. The van der Waals surface area contributed by atoms with Gasteiger partial charge in [-0.3, -0.25) is 0 Å². The fourth-order valence-electron chi connectivity index (χ4n) is 1.59. The molecule has 1 atom stereocenters. The number of nitrogens with zero attached hydrogens (tertiary/aromatic N) is 1. The lowest BCUT2D eigenvalue weighted by atomic mass is 10.2. The molecule has 1 aliphatic rings. The molecule has 1 aromatic heterocycles. The SMILES string of the molecule is Fc1ccc(C2=NOC(c3ccsc3)N2)cc1. The third-order valence-corrected chi connectivity index (χ3v) is 3.18. The molecule has 1 unspecified atom stereocenters. The third kappa shape index (κ3) is 2.01. The standard InChI is InChI=1S/C12H9FN2OS/c13-10-3-1-8(2-4-10)11-14-12(16-15-11)9-5-6-17-7-9/h1-7,12H,(H,14,15). The highest BCUT2D eigenvalue weighted by Gasteiger charge is 2.22. The first-order valence-corrected chi connectivity index (χ1v) is 6.05. The van der Waals surface area contributed by atoms with E-state index in [1.165, 1.54) is 12.1 Å². The van der Waals surface area contributed by atoms with Gasteiger partial charge in [-0.2, -0.15) is 11.3 Å². The Morgan fingerprint density at radius 1 is 1.24 bits per heavy atom. The first kappa shape index (κ1) is 10.3. The van der Waals surface area contributed by atoms with E-state index in [9.17, 15) is 4.39 Å². The molecule has 5 heteroatoms. The first-order chi connectivity index (χ1) is 8.33. The van der Waals surface area contributed by atoms with E-state index in [1.54, 1.807) is 23.5 Å². The first-order valence-electron chi connectivity index (χ1n) is 5.11. The number of halogens is 1. The molecule has 0 radical (unpaired) electrons. The van der Waals surface area contributed by atoms with Gasteiger partial charge in [0.2, 0.25) is 6.23 Å². The van der Waals surface area contributed by atoms with E-state index in [0.29, 0.717) is 5.84 Å². The molecular weight excluding hydrogens is 239 g/mol. The largest absolute Gasteiger partial charge is 0.364 e. The Hall–Kier alpha value is -1.88. The van der Waals surface area contributed by atoms with Gasteiger partial charge in [0.05, 0.1) is 0 Å². The van der Waals surface area contributed by atoms with Crippen LogP contribution in [-0.2, 0) is 4.84 Å². The molecular formula is C12H9FN2OS. The van der Waals surface area contributed by atoms with Crippen LogP contribution in [-0.4, -0.2) is 5.84 Å². The molecule has 3 rings (SSSR count). The number of oxime groups is 1. The Labute approximate surface area is 102 Å². The lowest BCUT2D eigenvalue weighted by molar-refractivity contribution is 0.0733. The topological polar surface area (TPSA) is 33.6 Å². The van der Waals surface area contributed by atoms with Gasteiger partial charge in [-0.15, -0.1) is 0 Å². The predicted molar refractivity (Wildman–Crippen MR) is 64.2 cm³/mol. The Balaban J connectivity index is 1.77. The zero-order valence-corrected chi connectivity index (χ0v) is 9.58. The molecule has 0 spiro atoms. The van der Waals surface area contributed by atoms with E-state index < -0.39 is 0 Å². The Morgan fingerprint density at radius 2 is 2.06 bits per heavy atom. The van der Waals surface area contributed by atoms with E-state index in [1.807, 2.05) is 16.8 Å². The zero-order chi connectivity index (χ0) is 11.7. The van der Waals surface area contributed by atoms with Crippen LogP contribution in [0.2, 0.25) is 0 Å². The molecule has 17 heavy (non-hydrogen) atoms. The number of benzene rings is 1. The number of nitrogens with one attached hydrogen (secondary N) is 1. The van der Waals surface area contributed by atoms with E-state index in [0.717, 1.165) is 11.1 Å². The molecule has 2 heterocycles. The van der Waals surface area contributed by atoms with Crippen molar-refractivity contribution in [2.75, 3.05) is 0 Å². The second-order valence-electron chi connectivity index (χ2n) is 3.63. The average molecular weight is 248 g/mol. The van der Waals surface area contributed by atoms with Crippen molar-refractivity contribution in [3.63, 3.8) is 0 Å². The van der Waals surface area contributed by atoms with E-state index in [-0.39, 0.29) is 12.0 Å². The second-order valence-corrected chi connectivity index (χ2v) is 4.41. The Morgan fingerprint density at radius 3 is 2.76 bits per heavy atom. The van der Waals surface area contributed by atoms with Crippen LogP contribution in [0.1, 0.15) is 17.4 Å². The summed E-state index contributed by atoms with van der Waals surface area (Å²) in [4.78, 5) is 5.28. The minimum atomic E-state index is -0.261. The van der Waals surface area contributed by atoms with E-state index in [4.69, 9.17) is 4.84 Å². The van der Waals surface area contributed by atoms with E-state index >= 15 is 0 Å². The summed E-state index contributed by atoms with van der Waals surface area (Å²) in [6.07, 6.45) is -0.249. The van der Waals surface area contributed by atoms with Crippen molar-refractivity contribution in [1.29, 1.82) is 0 Å². The van der Waals surface area contributed by atoms with Crippen LogP contribution in [0.3, 0.4) is 0 Å². The normalized spacial score (nSPS) is 18.4. The highest BCUT2D eigenvalue weighted by atomic mass is 32.1. The monoisotopic (exact) mass is 248 g/mol. The molecule has 3 nitrogen and oxygen atoms in total. The van der Waals surface area contributed by atoms with Crippen LogP contribution in [0.25, 0.3) is 0 Å². The molecule has 0 saturated carbocycles. The third-order valence-electron chi connectivity index (χ3n) is 2.48. The maximum absolute atomic E-state index is 12.8. The zero-order valence-electron chi connectivity index (χ0n) is 8.76. The molecule has 86 valence electrons. The van der Waals surface area contributed by atoms with Crippen molar-refractivity contribution >= 4 is 17.2 Å². The van der Waals surface area contributed by atoms with Crippen molar-refractivity contribution in [3.05, 3.63) is 58.0 Å². The molecule has 1 aromatic carbocycles. The van der Waals surface area contributed by atoms with Crippen LogP contribution >= 0.6 is 11.3 Å². The maximum Gasteiger partial charge on any atom is 0.225 e. The number of rotatable bonds is 2. The number of hydrogen-bond donors (Lipinski definition) is 1. The van der Waals surface area contributed by atoms with Gasteiger partial charge in [0.15, 0.2) is 5.84 Å². The lowest BCUT2D eigenvalue weighted by Gasteiger charge is -2.07. The van der Waals surface area contributed by atoms with Crippen molar-refractivity contribution in [3.8, 4) is 0 Å². The molecule has 0 bridgehead atoms. The van der Waals surface area contributed by atoms with Crippen LogP contribution < -0.4 is 5.32 Å². The van der Waals surface area contributed by atoms with Crippen LogP contribution in [0.15, 0.2) is 46.2 Å². The lowest BCUT2D eigenvalue weighted by Crippen LogP contribution is -2.23. The van der Waals surface area contributed by atoms with Crippen molar-refractivity contribution in [2.24, 2.45) is 5.16 Å². The van der Waals surface area contributed by atoms with Gasteiger partial charge in [0.1, 0.15) is 5.82 Å². The van der Waals surface area contributed by atoms with Crippen LogP contribution in [0.4, 0.5) is 4.39 Å². The summed E-state index contributed by atoms with van der Waals surface area (Å²) in [5, 5.41) is 11.1. The molecule has 0 amide bonds. The highest BCUT2D eigenvalue weighted by Crippen LogP contribution is 2.22. The summed E-state index contributed by atoms with van der Waals surface area (Å²) in [5.74, 6) is 0.365. The van der Waals surface area contributed by atoms with Gasteiger partial charge in [0, 0.05) is 11.1 Å². The minimum Gasteiger partial charge on any atom is -0.364 e. The van der Waals surface area contributed by atoms with Crippen LogP contribution in [0.5, 0.6) is 0 Å². The smallest absolute Gasteiger partial charge is 0.225 e. The van der Waals surface area contributed by atoms with Gasteiger partial charge in [0.25, 0.3) is 0 Å². The quantitative estimate of drug-likeness (QED) is 0.886. The number of hydrogen-bond acceptors (Lipinski definition) is 4. The van der Waals surface area contributed by atoms with E-state index in [2.05, 4.69) is 10.5 Å². The fraction of sp³-hybridized carbons (Fsp3) is 0.0833. The summed E-state index contributed by atoms with van der Waals surface area (Å²) in [6.45, 7) is 0. The number of amidine groups is 1. The van der Waals surface area contributed by atoms with Gasteiger partial charge in [-0.1, -0.05) is 5.16 Å². The van der Waals surface area contributed by atoms with Gasteiger partial charge in [-0.25, -0.2) is 4.39 Å². The summed E-state index contributed by atoms with van der Waals surface area (Å²) in [6, 6.07) is 8.11. The maximum atomic E-state index is 12.8. The summed E-state index contributed by atoms with van der Waals surface area (Å²) < 4.78 is 12.8. The molecule has 0 fully saturated rings. The van der Waals surface area contributed by atoms with Crippen molar-refractivity contribution in [1.82, 2.24) is 5.32 Å². The highest BCUT2D eigenvalue weighted by molar-refractivity contribution is 7.07. The predicted octanol–water partition coefficient (Wildman–Crippen LogP) is 2.87. The summed E-state index contributed by atoms with van der Waals surface area (Å²) >= 11 is 1.60. The Kier molecular flexibility index (Phi) is 2.53. The van der Waals surface area contributed by atoms with Crippen molar-refractivity contribution < 1.29 is 9.23 Å². The second kappa shape index (κ2) is 4.18. The average Bonchev–Trinajstić information content (AvgIpc) is 3.00. The molecule has 2 aromatic rings. The molecule has 0 saturated heterocycles. The summed E-state index contributed by atoms with van der Waals surface area (Å²) in [7, 11) is 0. The molecule has 1 aliphatic heterocycles. The number of thiophene rings is 1. The van der Waals surface area contributed by atoms with Crippen LogP contribution in [0, 0.1) is 5.82 Å². The molecule has 0 aliphatic carbocycles. The fourth-order valence-corrected chi connectivity index (χ4v) is 2.27. The molecule has 1 N–H and O–H groups in total. The van der Waals surface area contributed by atoms with Crippen molar-refractivity contribution in [2.45, 2.75) is 6.23 Å². The minimum absolute atomic E-state index is 0.249. The summed E-state index contributed by atoms with van der Waals surface area (Å²) in [5.41, 5.74) is 1.85. The van der Waals surface area contributed by atoms with Gasteiger partial charge >= 0.3 is 0 Å². The van der Waals surface area contributed by atoms with Gasteiger partial charge in [-0.05, 0) is 41.1 Å².